The molecule has 1 aromatic rings. The number of benzene rings is 1. The molecule has 0 unspecified atom stereocenters. The number of aliphatic hydroxyl groups excluding tert-OH is 1. The van der Waals surface area contributed by atoms with E-state index in [1.807, 2.05) is 6.07 Å². The van der Waals surface area contributed by atoms with Crippen molar-refractivity contribution in [1.29, 1.82) is 0 Å². The molecule has 2 fully saturated rings. The average molecular weight is 287 g/mol. The molecule has 1 spiro atoms. The zero-order valence-electron chi connectivity index (χ0n) is 12.3. The Labute approximate surface area is 124 Å². The number of nitrogens with one attached hydrogen (secondary N) is 1. The van der Waals surface area contributed by atoms with Crippen molar-refractivity contribution < 1.29 is 14.6 Å². The smallest absolute Gasteiger partial charge is 0.165 e. The Morgan fingerprint density at radius 3 is 3.14 bits per heavy atom. The fourth-order valence-electron chi connectivity index (χ4n) is 5.59. The fourth-order valence-corrected chi connectivity index (χ4v) is 5.59. The van der Waals surface area contributed by atoms with E-state index in [0.29, 0.717) is 12.0 Å². The molecule has 0 radical (unpaired) electrons. The van der Waals surface area contributed by atoms with Gasteiger partial charge in [0.15, 0.2) is 11.5 Å². The lowest BCUT2D eigenvalue weighted by atomic mass is 9.52. The first kappa shape index (κ1) is 12.3. The predicted molar refractivity (Wildman–Crippen MR) is 77.9 cm³/mol. The Morgan fingerprint density at radius 1 is 1.38 bits per heavy atom. The van der Waals surface area contributed by atoms with Gasteiger partial charge in [0.1, 0.15) is 6.10 Å². The number of aliphatic hydroxyl groups is 1. The second-order valence-electron chi connectivity index (χ2n) is 6.98. The summed E-state index contributed by atoms with van der Waals surface area (Å²) in [4.78, 5) is 0. The van der Waals surface area contributed by atoms with Crippen LogP contribution >= 0.6 is 0 Å². The predicted octanol–water partition coefficient (Wildman–Crippen LogP) is 1.38. The molecular formula is C17H21NO3. The van der Waals surface area contributed by atoms with Gasteiger partial charge in [0.25, 0.3) is 0 Å². The van der Waals surface area contributed by atoms with E-state index in [1.54, 1.807) is 7.11 Å². The van der Waals surface area contributed by atoms with Crippen LogP contribution in [0.1, 0.15) is 30.4 Å². The molecule has 2 bridgehead atoms. The maximum absolute atomic E-state index is 10.6. The largest absolute Gasteiger partial charge is 0.493 e. The summed E-state index contributed by atoms with van der Waals surface area (Å²) in [6.45, 7) is 1.02. The third-order valence-electron chi connectivity index (χ3n) is 6.30. The Morgan fingerprint density at radius 2 is 2.29 bits per heavy atom. The molecule has 2 aliphatic carbocycles. The Bertz CT molecular complexity index is 616. The standard InChI is InChI=1S/C17H21NO3/c1-20-13-5-2-9-8-11-10-3-4-12(19)16-17(10,6-7-18-11)14(9)15(13)21-16/h2,5,10-12,16,18-19H,3-4,6-8H2,1H3/t10-,11+,12-,16-,17-/m0/s1. The number of rotatable bonds is 1. The number of hydrogen-bond donors (Lipinski definition) is 2. The van der Waals surface area contributed by atoms with Gasteiger partial charge in [-0.1, -0.05) is 6.07 Å². The van der Waals surface area contributed by atoms with E-state index < -0.39 is 0 Å². The van der Waals surface area contributed by atoms with E-state index in [9.17, 15) is 5.11 Å². The first-order valence-corrected chi connectivity index (χ1v) is 8.04. The highest BCUT2D eigenvalue weighted by Gasteiger charge is 2.64. The molecule has 4 heteroatoms. The maximum Gasteiger partial charge on any atom is 0.165 e. The van der Waals surface area contributed by atoms with Crippen molar-refractivity contribution in [2.75, 3.05) is 13.7 Å². The van der Waals surface area contributed by atoms with Crippen LogP contribution in [0.2, 0.25) is 0 Å². The summed E-state index contributed by atoms with van der Waals surface area (Å²) in [6, 6.07) is 4.75. The van der Waals surface area contributed by atoms with Crippen molar-refractivity contribution in [3.8, 4) is 11.5 Å². The summed E-state index contributed by atoms with van der Waals surface area (Å²) in [7, 11) is 1.70. The van der Waals surface area contributed by atoms with Crippen molar-refractivity contribution in [1.82, 2.24) is 5.32 Å². The molecule has 2 aliphatic heterocycles. The van der Waals surface area contributed by atoms with Crippen LogP contribution in [0.4, 0.5) is 0 Å². The summed E-state index contributed by atoms with van der Waals surface area (Å²) in [6.07, 6.45) is 3.62. The van der Waals surface area contributed by atoms with Crippen LogP contribution in [-0.2, 0) is 11.8 Å². The van der Waals surface area contributed by atoms with E-state index in [4.69, 9.17) is 9.47 Å². The number of methoxy groups -OCH3 is 1. The fraction of sp³-hybridized carbons (Fsp3) is 0.647. The summed E-state index contributed by atoms with van der Waals surface area (Å²) in [5, 5.41) is 14.3. The van der Waals surface area contributed by atoms with E-state index in [2.05, 4.69) is 11.4 Å². The van der Waals surface area contributed by atoms with E-state index in [1.165, 1.54) is 11.1 Å². The molecule has 0 aromatic heterocycles. The van der Waals surface area contributed by atoms with Gasteiger partial charge in [0, 0.05) is 17.0 Å². The van der Waals surface area contributed by atoms with Gasteiger partial charge in [-0.05, 0) is 49.8 Å². The highest BCUT2D eigenvalue weighted by Crippen LogP contribution is 2.62. The highest BCUT2D eigenvalue weighted by molar-refractivity contribution is 5.61. The van der Waals surface area contributed by atoms with Crippen molar-refractivity contribution in [3.63, 3.8) is 0 Å². The lowest BCUT2D eigenvalue weighted by Crippen LogP contribution is -2.66. The van der Waals surface area contributed by atoms with E-state index >= 15 is 0 Å². The summed E-state index contributed by atoms with van der Waals surface area (Å²) in [5.41, 5.74) is 2.74. The molecule has 112 valence electrons. The lowest BCUT2D eigenvalue weighted by molar-refractivity contribution is -0.0761. The quantitative estimate of drug-likeness (QED) is 0.819. The van der Waals surface area contributed by atoms with Gasteiger partial charge in [-0.3, -0.25) is 0 Å². The number of ether oxygens (including phenoxy) is 2. The van der Waals surface area contributed by atoms with Crippen molar-refractivity contribution in [2.24, 2.45) is 5.92 Å². The van der Waals surface area contributed by atoms with Gasteiger partial charge in [0.05, 0.1) is 13.2 Å². The van der Waals surface area contributed by atoms with Crippen LogP contribution in [-0.4, -0.2) is 37.0 Å². The zero-order valence-corrected chi connectivity index (χ0v) is 12.3. The first-order valence-electron chi connectivity index (χ1n) is 8.04. The molecule has 4 nitrogen and oxygen atoms in total. The molecular weight excluding hydrogens is 266 g/mol. The monoisotopic (exact) mass is 287 g/mol. The summed E-state index contributed by atoms with van der Waals surface area (Å²) >= 11 is 0. The van der Waals surface area contributed by atoms with Crippen molar-refractivity contribution >= 4 is 0 Å². The van der Waals surface area contributed by atoms with Gasteiger partial charge < -0.3 is 19.9 Å². The van der Waals surface area contributed by atoms with Crippen LogP contribution in [0.15, 0.2) is 12.1 Å². The van der Waals surface area contributed by atoms with Crippen LogP contribution < -0.4 is 14.8 Å². The maximum atomic E-state index is 10.6. The molecule has 1 saturated heterocycles. The zero-order chi connectivity index (χ0) is 14.2. The van der Waals surface area contributed by atoms with Gasteiger partial charge >= 0.3 is 0 Å². The average Bonchev–Trinajstić information content (AvgIpc) is 2.83. The molecule has 21 heavy (non-hydrogen) atoms. The summed E-state index contributed by atoms with van der Waals surface area (Å²) in [5.74, 6) is 2.31. The first-order chi connectivity index (χ1) is 10.3. The lowest BCUT2D eigenvalue weighted by Gasteiger charge is -2.56. The minimum Gasteiger partial charge on any atom is -0.493 e. The third-order valence-corrected chi connectivity index (χ3v) is 6.30. The molecule has 0 amide bonds. The Balaban J connectivity index is 1.81. The Hall–Kier alpha value is -1.26. The minimum atomic E-state index is -0.358. The van der Waals surface area contributed by atoms with Crippen molar-refractivity contribution in [2.45, 2.75) is 49.3 Å². The molecule has 2 N–H and O–H groups in total. The second kappa shape index (κ2) is 3.93. The van der Waals surface area contributed by atoms with Crippen LogP contribution in [0.5, 0.6) is 11.5 Å². The van der Waals surface area contributed by atoms with E-state index in [-0.39, 0.29) is 17.6 Å². The Kier molecular flexibility index (Phi) is 2.30. The SMILES string of the molecule is COc1ccc2c3c1O[C@H]1[C@@H](O)CC[C@H]4[C@@H](C2)NCC[C@@]341. The van der Waals surface area contributed by atoms with Gasteiger partial charge in [-0.2, -0.15) is 0 Å². The second-order valence-corrected chi connectivity index (χ2v) is 6.98. The number of piperidine rings is 1. The highest BCUT2D eigenvalue weighted by atomic mass is 16.5. The van der Waals surface area contributed by atoms with Crippen molar-refractivity contribution in [3.05, 3.63) is 23.3 Å². The van der Waals surface area contributed by atoms with Gasteiger partial charge in [-0.15, -0.1) is 0 Å². The van der Waals surface area contributed by atoms with E-state index in [0.717, 1.165) is 43.7 Å². The third kappa shape index (κ3) is 1.29. The normalized spacial score (nSPS) is 42.2. The molecule has 2 heterocycles. The molecule has 1 saturated carbocycles. The topological polar surface area (TPSA) is 50.7 Å². The molecule has 5 rings (SSSR count). The summed E-state index contributed by atoms with van der Waals surface area (Å²) < 4.78 is 11.8. The molecule has 4 aliphatic rings. The van der Waals surface area contributed by atoms with Gasteiger partial charge in [0.2, 0.25) is 0 Å². The molecule has 5 atom stereocenters. The van der Waals surface area contributed by atoms with Crippen LogP contribution in [0, 0.1) is 5.92 Å². The van der Waals surface area contributed by atoms with Crippen LogP contribution in [0.3, 0.4) is 0 Å². The minimum absolute atomic E-state index is 0.00500. The molecule has 1 aromatic carbocycles. The van der Waals surface area contributed by atoms with Gasteiger partial charge in [-0.25, -0.2) is 0 Å². The van der Waals surface area contributed by atoms with Crippen LogP contribution in [0.25, 0.3) is 0 Å². The number of hydrogen-bond acceptors (Lipinski definition) is 4.